The van der Waals surface area contributed by atoms with Crippen LogP contribution in [0.4, 0.5) is 5.82 Å². The van der Waals surface area contributed by atoms with Crippen LogP contribution in [0, 0.1) is 0 Å². The Labute approximate surface area is 183 Å². The number of carbonyl (C=O) groups excluding carboxylic acids is 2. The van der Waals surface area contributed by atoms with Crippen molar-refractivity contribution in [3.05, 3.63) is 66.2 Å². The van der Waals surface area contributed by atoms with Gasteiger partial charge in [-0.25, -0.2) is 4.98 Å². The van der Waals surface area contributed by atoms with E-state index < -0.39 is 11.4 Å². The molecule has 0 atom stereocenters. The Morgan fingerprint density at radius 1 is 1.19 bits per heavy atom. The van der Waals surface area contributed by atoms with Crippen LogP contribution in [0.1, 0.15) is 27.8 Å². The van der Waals surface area contributed by atoms with Gasteiger partial charge in [-0.1, -0.05) is 30.3 Å². The number of H-pyrrole nitrogens is 1. The molecule has 0 spiro atoms. The summed E-state index contributed by atoms with van der Waals surface area (Å²) in [6, 6.07) is 11.4. The second-order valence-electron chi connectivity index (χ2n) is 7.98. The van der Waals surface area contributed by atoms with Crippen molar-refractivity contribution in [2.45, 2.75) is 12.5 Å². The molecule has 10 nitrogen and oxygen atoms in total. The largest absolute Gasteiger partial charge is 0.376 e. The number of imidazole rings is 1. The predicted molar refractivity (Wildman–Crippen MR) is 116 cm³/mol. The molecule has 2 N–H and O–H groups in total. The van der Waals surface area contributed by atoms with Gasteiger partial charge in [0.05, 0.1) is 36.2 Å². The van der Waals surface area contributed by atoms with Crippen LogP contribution in [0.15, 0.2) is 55.0 Å². The number of ether oxygens (including phenoxy) is 1. The molecule has 0 radical (unpaired) electrons. The van der Waals surface area contributed by atoms with Crippen LogP contribution in [0.25, 0.3) is 17.0 Å². The summed E-state index contributed by atoms with van der Waals surface area (Å²) in [4.78, 5) is 36.3. The van der Waals surface area contributed by atoms with Crippen molar-refractivity contribution in [3.63, 3.8) is 0 Å². The van der Waals surface area contributed by atoms with E-state index in [0.29, 0.717) is 24.8 Å². The van der Waals surface area contributed by atoms with Gasteiger partial charge >= 0.3 is 0 Å². The Bertz CT molecular complexity index is 1310. The molecule has 1 aliphatic rings. The number of nitrogens with zero attached hydrogens (tertiary/aromatic N) is 5. The topological polar surface area (TPSA) is 118 Å². The smallest absolute Gasteiger partial charge is 0.275 e. The molecule has 162 valence electrons. The van der Waals surface area contributed by atoms with Gasteiger partial charge < -0.3 is 15.0 Å². The number of benzene rings is 1. The third kappa shape index (κ3) is 3.40. The zero-order chi connectivity index (χ0) is 22.3. The van der Waals surface area contributed by atoms with E-state index in [9.17, 15) is 9.59 Å². The van der Waals surface area contributed by atoms with Crippen LogP contribution in [0.5, 0.6) is 0 Å². The van der Waals surface area contributed by atoms with E-state index in [1.54, 1.807) is 28.6 Å². The summed E-state index contributed by atoms with van der Waals surface area (Å²) >= 11 is 0. The Balaban J connectivity index is 1.36. The molecule has 3 aromatic heterocycles. The number of hydrogen-bond acceptors (Lipinski definition) is 6. The van der Waals surface area contributed by atoms with Crippen LogP contribution in [0.2, 0.25) is 0 Å². The average Bonchev–Trinajstić information content (AvgIpc) is 3.44. The van der Waals surface area contributed by atoms with Gasteiger partial charge in [0, 0.05) is 25.0 Å². The predicted octanol–water partition coefficient (Wildman–Crippen LogP) is 2.23. The number of carbonyl (C=O) groups is 2. The summed E-state index contributed by atoms with van der Waals surface area (Å²) in [7, 11) is 1.69. The minimum atomic E-state index is -0.513. The molecule has 10 heteroatoms. The van der Waals surface area contributed by atoms with Gasteiger partial charge in [0.15, 0.2) is 0 Å². The van der Waals surface area contributed by atoms with Crippen LogP contribution in [0.3, 0.4) is 0 Å². The van der Waals surface area contributed by atoms with Crippen LogP contribution in [-0.4, -0.2) is 67.1 Å². The standard InChI is InChI=1S/C22H21N7O3/c1-22(12-32-13-22)28(2)20(31)15-10-23-27-18(15)19(30)25-17-8-9-29-11-16(24-21(29)26-17)14-6-4-3-5-7-14/h3-11H,12-13H2,1-2H3,(H,23,27)(H,24,25,26,30). The van der Waals surface area contributed by atoms with Gasteiger partial charge in [-0.3, -0.25) is 19.1 Å². The van der Waals surface area contributed by atoms with Crippen molar-refractivity contribution >= 4 is 23.4 Å². The minimum absolute atomic E-state index is 0.0701. The Morgan fingerprint density at radius 3 is 2.69 bits per heavy atom. The highest BCUT2D eigenvalue weighted by atomic mass is 16.5. The van der Waals surface area contributed by atoms with Crippen molar-refractivity contribution in [2.24, 2.45) is 0 Å². The monoisotopic (exact) mass is 431 g/mol. The summed E-state index contributed by atoms with van der Waals surface area (Å²) < 4.78 is 7.01. The molecule has 0 aliphatic carbocycles. The fourth-order valence-electron chi connectivity index (χ4n) is 3.51. The fourth-order valence-corrected chi connectivity index (χ4v) is 3.51. The summed E-state index contributed by atoms with van der Waals surface area (Å²) in [6.07, 6.45) is 4.99. The maximum Gasteiger partial charge on any atom is 0.275 e. The Kier molecular flexibility index (Phi) is 4.71. The van der Waals surface area contributed by atoms with E-state index in [1.807, 2.05) is 43.5 Å². The number of anilines is 1. The highest BCUT2D eigenvalue weighted by Gasteiger charge is 2.41. The van der Waals surface area contributed by atoms with Gasteiger partial charge in [-0.05, 0) is 13.0 Å². The molecule has 32 heavy (non-hydrogen) atoms. The number of amides is 2. The normalized spacial score (nSPS) is 14.7. The van der Waals surface area contributed by atoms with Crippen molar-refractivity contribution in [1.82, 2.24) is 29.5 Å². The van der Waals surface area contributed by atoms with Crippen LogP contribution < -0.4 is 5.32 Å². The zero-order valence-electron chi connectivity index (χ0n) is 17.6. The van der Waals surface area contributed by atoms with E-state index in [1.165, 1.54) is 6.20 Å². The number of likely N-dealkylation sites (N-methyl/N-ethyl adjacent to an activating group) is 1. The maximum absolute atomic E-state index is 12.9. The van der Waals surface area contributed by atoms with E-state index in [4.69, 9.17) is 4.74 Å². The highest BCUT2D eigenvalue weighted by Crippen LogP contribution is 2.25. The maximum atomic E-state index is 12.9. The molecule has 1 fully saturated rings. The lowest BCUT2D eigenvalue weighted by Gasteiger charge is -2.45. The minimum Gasteiger partial charge on any atom is -0.376 e. The molecule has 0 saturated carbocycles. The molecule has 1 aromatic carbocycles. The van der Waals surface area contributed by atoms with E-state index in [2.05, 4.69) is 25.5 Å². The van der Waals surface area contributed by atoms with Crippen LogP contribution in [-0.2, 0) is 4.74 Å². The molecule has 4 aromatic rings. The summed E-state index contributed by atoms with van der Waals surface area (Å²) in [5.41, 5.74) is 1.61. The van der Waals surface area contributed by atoms with E-state index >= 15 is 0 Å². The second-order valence-corrected chi connectivity index (χ2v) is 7.98. The lowest BCUT2D eigenvalue weighted by Crippen LogP contribution is -2.60. The van der Waals surface area contributed by atoms with Crippen molar-refractivity contribution in [1.29, 1.82) is 0 Å². The van der Waals surface area contributed by atoms with Crippen molar-refractivity contribution in [2.75, 3.05) is 25.6 Å². The first kappa shape index (κ1) is 19.9. The third-order valence-corrected chi connectivity index (χ3v) is 5.67. The molecular formula is C22H21N7O3. The van der Waals surface area contributed by atoms with Gasteiger partial charge in [-0.2, -0.15) is 10.1 Å². The first-order valence-corrected chi connectivity index (χ1v) is 10.1. The molecule has 0 unspecified atom stereocenters. The number of rotatable bonds is 5. The second kappa shape index (κ2) is 7.57. The van der Waals surface area contributed by atoms with Gasteiger partial charge in [0.1, 0.15) is 11.5 Å². The highest BCUT2D eigenvalue weighted by molar-refractivity contribution is 6.10. The number of hydrogen-bond donors (Lipinski definition) is 2. The number of aromatic amines is 1. The first-order valence-electron chi connectivity index (χ1n) is 10.1. The number of fused-ring (bicyclic) bond motifs is 1. The molecule has 2 amide bonds. The average molecular weight is 431 g/mol. The van der Waals surface area contributed by atoms with Crippen LogP contribution >= 0.6 is 0 Å². The lowest BCUT2D eigenvalue weighted by molar-refractivity contribution is -0.108. The quantitative estimate of drug-likeness (QED) is 0.500. The number of aromatic nitrogens is 5. The molecular weight excluding hydrogens is 410 g/mol. The Hall–Kier alpha value is -4.05. The zero-order valence-corrected chi connectivity index (χ0v) is 17.6. The summed E-state index contributed by atoms with van der Waals surface area (Å²) in [6.45, 7) is 2.84. The van der Waals surface area contributed by atoms with Gasteiger partial charge in [0.2, 0.25) is 5.78 Å². The summed E-state index contributed by atoms with van der Waals surface area (Å²) in [5.74, 6) is -0.0616. The molecule has 0 bridgehead atoms. The molecule has 4 heterocycles. The SMILES string of the molecule is CN(C(=O)c1cn[nH]c1C(=O)Nc1ccn2cc(-c3ccccc3)nc2n1)C1(C)COC1. The van der Waals surface area contributed by atoms with Gasteiger partial charge in [-0.15, -0.1) is 0 Å². The van der Waals surface area contributed by atoms with Crippen molar-refractivity contribution in [3.8, 4) is 11.3 Å². The summed E-state index contributed by atoms with van der Waals surface area (Å²) in [5, 5.41) is 9.24. The third-order valence-electron chi connectivity index (χ3n) is 5.67. The lowest BCUT2D eigenvalue weighted by atomic mass is 9.97. The Morgan fingerprint density at radius 2 is 1.97 bits per heavy atom. The van der Waals surface area contributed by atoms with Gasteiger partial charge in [0.25, 0.3) is 11.8 Å². The molecule has 1 saturated heterocycles. The van der Waals surface area contributed by atoms with Crippen molar-refractivity contribution < 1.29 is 14.3 Å². The molecule has 5 rings (SSSR count). The molecule has 1 aliphatic heterocycles. The van der Waals surface area contributed by atoms with E-state index in [-0.39, 0.29) is 17.2 Å². The van der Waals surface area contributed by atoms with E-state index in [0.717, 1.165) is 11.3 Å². The first-order chi connectivity index (χ1) is 15.4. The number of nitrogens with one attached hydrogen (secondary N) is 2. The fraction of sp³-hybridized carbons (Fsp3) is 0.227.